The van der Waals surface area contributed by atoms with Crippen LogP contribution in [0.2, 0.25) is 0 Å². The first-order valence-electron chi connectivity index (χ1n) is 5.62. The van der Waals surface area contributed by atoms with Gasteiger partial charge >= 0.3 is 0 Å². The average molecular weight is 227 g/mol. The second-order valence-corrected chi connectivity index (χ2v) is 4.42. The first-order valence-corrected chi connectivity index (χ1v) is 5.62. The van der Waals surface area contributed by atoms with Crippen molar-refractivity contribution in [3.05, 3.63) is 11.6 Å². The fourth-order valence-electron chi connectivity index (χ4n) is 1.86. The van der Waals surface area contributed by atoms with Crippen molar-refractivity contribution in [2.24, 2.45) is 5.92 Å². The lowest BCUT2D eigenvalue weighted by Gasteiger charge is -2.15. The highest BCUT2D eigenvalue weighted by atomic mass is 16.5. The topological polar surface area (TPSA) is 60.2 Å². The molecule has 0 saturated heterocycles. The maximum atomic E-state index is 9.17. The van der Waals surface area contributed by atoms with Crippen molar-refractivity contribution in [2.75, 3.05) is 13.7 Å². The third-order valence-corrected chi connectivity index (χ3v) is 2.48. The Labute approximate surface area is 96.5 Å². The predicted octanol–water partition coefficient (Wildman–Crippen LogP) is 1.18. The number of hydrogen-bond donors (Lipinski definition) is 1. The number of ether oxygens (including phenoxy) is 1. The molecule has 5 nitrogen and oxygen atoms in total. The minimum absolute atomic E-state index is 0.0656. The largest absolute Gasteiger partial charge is 0.388 e. The molecule has 1 unspecified atom stereocenters. The molecule has 1 N–H and O–H groups in total. The van der Waals surface area contributed by atoms with E-state index >= 15 is 0 Å². The standard InChI is InChI=1S/C11H21N3O2/c1-8(2)14-10(5-9(3)7-16-4)12-13-11(14)6-15/h8-9,15H,5-7H2,1-4H3. The molecule has 16 heavy (non-hydrogen) atoms. The highest BCUT2D eigenvalue weighted by Crippen LogP contribution is 2.15. The maximum Gasteiger partial charge on any atom is 0.159 e. The summed E-state index contributed by atoms with van der Waals surface area (Å²) in [5, 5.41) is 17.3. The Bertz CT molecular complexity index is 323. The molecule has 0 radical (unpaired) electrons. The van der Waals surface area contributed by atoms with Gasteiger partial charge in [0, 0.05) is 26.2 Å². The van der Waals surface area contributed by atoms with Crippen LogP contribution in [0.5, 0.6) is 0 Å². The third-order valence-electron chi connectivity index (χ3n) is 2.48. The number of methoxy groups -OCH3 is 1. The first-order chi connectivity index (χ1) is 7.60. The highest BCUT2D eigenvalue weighted by molar-refractivity contribution is 4.98. The minimum atomic E-state index is -0.0656. The molecule has 0 aromatic carbocycles. The van der Waals surface area contributed by atoms with E-state index in [9.17, 15) is 5.11 Å². The molecule has 1 aromatic rings. The quantitative estimate of drug-likeness (QED) is 0.792. The number of hydrogen-bond acceptors (Lipinski definition) is 4. The van der Waals surface area contributed by atoms with Crippen LogP contribution in [-0.4, -0.2) is 33.6 Å². The van der Waals surface area contributed by atoms with E-state index < -0.39 is 0 Å². The van der Waals surface area contributed by atoms with Gasteiger partial charge in [0.05, 0.1) is 0 Å². The Balaban J connectivity index is 2.83. The van der Waals surface area contributed by atoms with Crippen molar-refractivity contribution < 1.29 is 9.84 Å². The van der Waals surface area contributed by atoms with Crippen molar-refractivity contribution in [1.82, 2.24) is 14.8 Å². The summed E-state index contributed by atoms with van der Waals surface area (Å²) in [5.74, 6) is 1.96. The molecule has 1 atom stereocenters. The SMILES string of the molecule is COCC(C)Cc1nnc(CO)n1C(C)C. The van der Waals surface area contributed by atoms with Crippen LogP contribution in [0.15, 0.2) is 0 Å². The molecule has 1 rings (SSSR count). The van der Waals surface area contributed by atoms with Crippen molar-refractivity contribution >= 4 is 0 Å². The fraction of sp³-hybridized carbons (Fsp3) is 0.818. The Morgan fingerprint density at radius 3 is 2.38 bits per heavy atom. The second kappa shape index (κ2) is 5.96. The number of aliphatic hydroxyl groups is 1. The molecular formula is C11H21N3O2. The Kier molecular flexibility index (Phi) is 4.89. The first kappa shape index (κ1) is 13.1. The lowest BCUT2D eigenvalue weighted by molar-refractivity contribution is 0.158. The summed E-state index contributed by atoms with van der Waals surface area (Å²) >= 11 is 0. The van der Waals surface area contributed by atoms with Gasteiger partial charge in [-0.2, -0.15) is 0 Å². The zero-order chi connectivity index (χ0) is 12.1. The molecule has 1 heterocycles. The van der Waals surface area contributed by atoms with Crippen molar-refractivity contribution in [3.8, 4) is 0 Å². The van der Waals surface area contributed by atoms with Crippen molar-refractivity contribution in [2.45, 2.75) is 39.8 Å². The van der Waals surface area contributed by atoms with Gasteiger partial charge < -0.3 is 14.4 Å². The summed E-state index contributed by atoms with van der Waals surface area (Å²) in [6, 6.07) is 0.266. The van der Waals surface area contributed by atoms with Crippen LogP contribution in [0.4, 0.5) is 0 Å². The smallest absolute Gasteiger partial charge is 0.159 e. The lowest BCUT2D eigenvalue weighted by Crippen LogP contribution is -2.15. The third kappa shape index (κ3) is 3.02. The summed E-state index contributed by atoms with van der Waals surface area (Å²) in [7, 11) is 1.70. The normalized spacial score (nSPS) is 13.4. The molecule has 0 spiro atoms. The Hall–Kier alpha value is -0.940. The molecule has 0 aliphatic heterocycles. The van der Waals surface area contributed by atoms with E-state index in [1.165, 1.54) is 0 Å². The van der Waals surface area contributed by atoms with Crippen molar-refractivity contribution in [3.63, 3.8) is 0 Å². The van der Waals surface area contributed by atoms with Gasteiger partial charge in [-0.3, -0.25) is 0 Å². The molecular weight excluding hydrogens is 206 g/mol. The van der Waals surface area contributed by atoms with Gasteiger partial charge in [0.1, 0.15) is 12.4 Å². The molecule has 92 valence electrons. The van der Waals surface area contributed by atoms with Gasteiger partial charge in [-0.05, 0) is 19.8 Å². The van der Waals surface area contributed by atoms with Crippen molar-refractivity contribution in [1.29, 1.82) is 0 Å². The zero-order valence-corrected chi connectivity index (χ0v) is 10.5. The summed E-state index contributed by atoms with van der Waals surface area (Å²) in [6.07, 6.45) is 0.818. The Morgan fingerprint density at radius 1 is 1.25 bits per heavy atom. The summed E-state index contributed by atoms with van der Waals surface area (Å²) in [4.78, 5) is 0. The van der Waals surface area contributed by atoms with Crippen LogP contribution in [0.25, 0.3) is 0 Å². The number of aromatic nitrogens is 3. The molecule has 0 amide bonds. The molecule has 0 aliphatic carbocycles. The van der Waals surface area contributed by atoms with E-state index in [1.807, 2.05) is 4.57 Å². The maximum absolute atomic E-state index is 9.17. The monoisotopic (exact) mass is 227 g/mol. The second-order valence-electron chi connectivity index (χ2n) is 4.42. The molecule has 0 aliphatic rings. The van der Waals surface area contributed by atoms with E-state index in [0.717, 1.165) is 12.2 Å². The summed E-state index contributed by atoms with van der Waals surface area (Å²) < 4.78 is 7.09. The van der Waals surface area contributed by atoms with Crippen LogP contribution < -0.4 is 0 Å². The van der Waals surface area contributed by atoms with E-state index in [2.05, 4.69) is 31.0 Å². The average Bonchev–Trinajstić information content (AvgIpc) is 2.61. The van der Waals surface area contributed by atoms with Crippen LogP contribution in [0, 0.1) is 5.92 Å². The number of aliphatic hydroxyl groups excluding tert-OH is 1. The predicted molar refractivity (Wildman–Crippen MR) is 61.1 cm³/mol. The number of nitrogens with zero attached hydrogens (tertiary/aromatic N) is 3. The van der Waals surface area contributed by atoms with Crippen LogP contribution in [0.3, 0.4) is 0 Å². The molecule has 0 saturated carbocycles. The van der Waals surface area contributed by atoms with Gasteiger partial charge in [0.25, 0.3) is 0 Å². The highest BCUT2D eigenvalue weighted by Gasteiger charge is 2.16. The van der Waals surface area contributed by atoms with Crippen LogP contribution in [0.1, 0.15) is 38.5 Å². The molecule has 5 heteroatoms. The summed E-state index contributed by atoms with van der Waals surface area (Å²) in [5.41, 5.74) is 0. The van der Waals surface area contributed by atoms with E-state index in [0.29, 0.717) is 18.3 Å². The van der Waals surface area contributed by atoms with Gasteiger partial charge in [0.15, 0.2) is 5.82 Å². The molecule has 0 fully saturated rings. The fourth-order valence-corrected chi connectivity index (χ4v) is 1.86. The summed E-state index contributed by atoms with van der Waals surface area (Å²) in [6.45, 7) is 6.88. The van der Waals surface area contributed by atoms with E-state index in [-0.39, 0.29) is 12.6 Å². The Morgan fingerprint density at radius 2 is 1.88 bits per heavy atom. The van der Waals surface area contributed by atoms with E-state index in [1.54, 1.807) is 7.11 Å². The van der Waals surface area contributed by atoms with Gasteiger partial charge in [0.2, 0.25) is 0 Å². The lowest BCUT2D eigenvalue weighted by atomic mass is 10.1. The number of rotatable bonds is 6. The van der Waals surface area contributed by atoms with Crippen LogP contribution in [-0.2, 0) is 17.8 Å². The van der Waals surface area contributed by atoms with Gasteiger partial charge in [-0.15, -0.1) is 10.2 Å². The van der Waals surface area contributed by atoms with E-state index in [4.69, 9.17) is 4.74 Å². The minimum Gasteiger partial charge on any atom is -0.388 e. The van der Waals surface area contributed by atoms with Gasteiger partial charge in [-0.25, -0.2) is 0 Å². The van der Waals surface area contributed by atoms with Gasteiger partial charge in [-0.1, -0.05) is 6.92 Å². The van der Waals surface area contributed by atoms with Crippen LogP contribution >= 0.6 is 0 Å². The molecule has 0 bridgehead atoms. The molecule has 1 aromatic heterocycles. The zero-order valence-electron chi connectivity index (χ0n) is 10.5.